The average molecular weight is 586 g/mol. The molecule has 10 heteroatoms. The summed E-state index contributed by atoms with van der Waals surface area (Å²) in [5.41, 5.74) is 2.97. The van der Waals surface area contributed by atoms with Gasteiger partial charge in [0.15, 0.2) is 0 Å². The van der Waals surface area contributed by atoms with Crippen molar-refractivity contribution in [1.29, 1.82) is 0 Å². The second kappa shape index (κ2) is 14.2. The van der Waals surface area contributed by atoms with Crippen LogP contribution in [0.5, 0.6) is 5.75 Å². The maximum absolute atomic E-state index is 14.0. The highest BCUT2D eigenvalue weighted by atomic mass is 35.5. The lowest BCUT2D eigenvalue weighted by Gasteiger charge is -2.33. The van der Waals surface area contributed by atoms with E-state index >= 15 is 0 Å². The first-order chi connectivity index (χ1) is 19.0. The van der Waals surface area contributed by atoms with Crippen LogP contribution in [0.3, 0.4) is 0 Å². The number of carbonyl (C=O) groups excluding carboxylic acids is 2. The van der Waals surface area contributed by atoms with Crippen molar-refractivity contribution < 1.29 is 22.7 Å². The Labute approximate surface area is 241 Å². The molecule has 3 aromatic rings. The van der Waals surface area contributed by atoms with Gasteiger partial charge in [-0.15, -0.1) is 0 Å². The summed E-state index contributed by atoms with van der Waals surface area (Å²) in [5.74, 6) is -0.447. The lowest BCUT2D eigenvalue weighted by Crippen LogP contribution is -2.53. The largest absolute Gasteiger partial charge is 0.495 e. The second-order valence-electron chi connectivity index (χ2n) is 9.59. The van der Waals surface area contributed by atoms with Gasteiger partial charge < -0.3 is 15.0 Å². The number of rotatable bonds is 13. The number of halogens is 1. The minimum Gasteiger partial charge on any atom is -0.495 e. The molecule has 0 saturated carbocycles. The van der Waals surface area contributed by atoms with Crippen molar-refractivity contribution in [2.75, 3.05) is 30.8 Å². The summed E-state index contributed by atoms with van der Waals surface area (Å²) in [5, 5.41) is 3.13. The van der Waals surface area contributed by atoms with Crippen molar-refractivity contribution in [1.82, 2.24) is 10.2 Å². The molecule has 3 aromatic carbocycles. The predicted octanol–water partition coefficient (Wildman–Crippen LogP) is 4.59. The Hall–Kier alpha value is -3.56. The third kappa shape index (κ3) is 8.47. The third-order valence-electron chi connectivity index (χ3n) is 6.40. The van der Waals surface area contributed by atoms with Crippen LogP contribution in [-0.4, -0.2) is 57.6 Å². The van der Waals surface area contributed by atoms with Gasteiger partial charge in [0.05, 0.1) is 24.1 Å². The van der Waals surface area contributed by atoms with Crippen LogP contribution in [0.1, 0.15) is 30.0 Å². The van der Waals surface area contributed by atoms with Crippen LogP contribution in [0, 0.1) is 6.92 Å². The molecular weight excluding hydrogens is 550 g/mol. The summed E-state index contributed by atoms with van der Waals surface area (Å²) < 4.78 is 32.0. The van der Waals surface area contributed by atoms with Crippen LogP contribution in [0.15, 0.2) is 72.8 Å². The highest BCUT2D eigenvalue weighted by Gasteiger charge is 2.33. The van der Waals surface area contributed by atoms with E-state index in [1.165, 1.54) is 24.1 Å². The standard InChI is InChI=1S/C30H36ClN3O5S/c1-5-17-32-30(36)27(18-23-9-7-6-8-10-23)33(20-24-13-11-22(2)12-14-24)29(35)21-34(40(4,37)38)25-15-16-28(39-3)26(31)19-25/h6-16,19,27H,5,17-18,20-21H2,1-4H3,(H,32,36)/t27-/m1/s1. The van der Waals surface area contributed by atoms with Crippen LogP contribution >= 0.6 is 11.6 Å². The number of amides is 2. The average Bonchev–Trinajstić information content (AvgIpc) is 2.93. The van der Waals surface area contributed by atoms with E-state index in [1.54, 1.807) is 6.07 Å². The summed E-state index contributed by atoms with van der Waals surface area (Å²) in [4.78, 5) is 29.0. The Kier molecular flexibility index (Phi) is 11.0. The number of ether oxygens (including phenoxy) is 1. The van der Waals surface area contributed by atoms with E-state index in [2.05, 4.69) is 5.32 Å². The normalized spacial score (nSPS) is 11.9. The number of aryl methyl sites for hydroxylation is 1. The molecule has 0 saturated heterocycles. The quantitative estimate of drug-likeness (QED) is 0.317. The second-order valence-corrected chi connectivity index (χ2v) is 11.9. The number of nitrogens with one attached hydrogen (secondary N) is 1. The first kappa shape index (κ1) is 31.0. The fourth-order valence-electron chi connectivity index (χ4n) is 4.23. The fourth-order valence-corrected chi connectivity index (χ4v) is 5.33. The number of hydrogen-bond acceptors (Lipinski definition) is 5. The Bertz CT molecular complexity index is 1400. The first-order valence-corrected chi connectivity index (χ1v) is 15.2. The maximum Gasteiger partial charge on any atom is 0.244 e. The molecule has 0 heterocycles. The van der Waals surface area contributed by atoms with Crippen LogP contribution in [-0.2, 0) is 32.6 Å². The van der Waals surface area contributed by atoms with E-state index in [0.717, 1.165) is 33.7 Å². The van der Waals surface area contributed by atoms with Crippen molar-refractivity contribution in [3.8, 4) is 5.75 Å². The van der Waals surface area contributed by atoms with Gasteiger partial charge in [-0.05, 0) is 42.7 Å². The molecule has 0 unspecified atom stereocenters. The predicted molar refractivity (Wildman–Crippen MR) is 159 cm³/mol. The van der Waals surface area contributed by atoms with Gasteiger partial charge in [-0.3, -0.25) is 13.9 Å². The molecule has 0 aliphatic heterocycles. The summed E-state index contributed by atoms with van der Waals surface area (Å²) in [6, 6.07) is 20.7. The maximum atomic E-state index is 14.0. The van der Waals surface area contributed by atoms with E-state index in [0.29, 0.717) is 12.3 Å². The molecule has 0 fully saturated rings. The Balaban J connectivity index is 2.04. The monoisotopic (exact) mass is 585 g/mol. The number of sulfonamides is 1. The van der Waals surface area contributed by atoms with E-state index in [-0.39, 0.29) is 29.6 Å². The summed E-state index contributed by atoms with van der Waals surface area (Å²) >= 11 is 6.28. The molecule has 2 amide bonds. The van der Waals surface area contributed by atoms with Crippen molar-refractivity contribution in [2.45, 2.75) is 39.3 Å². The summed E-state index contributed by atoms with van der Waals surface area (Å²) in [6.45, 7) is 3.98. The number of nitrogens with zero attached hydrogens (tertiary/aromatic N) is 2. The highest BCUT2D eigenvalue weighted by Crippen LogP contribution is 2.30. The Morgan fingerprint density at radius 2 is 1.68 bits per heavy atom. The summed E-state index contributed by atoms with van der Waals surface area (Å²) in [6.07, 6.45) is 2.02. The fraction of sp³-hybridized carbons (Fsp3) is 0.333. The van der Waals surface area contributed by atoms with E-state index < -0.39 is 28.5 Å². The molecular formula is C30H36ClN3O5S. The first-order valence-electron chi connectivity index (χ1n) is 13.0. The van der Waals surface area contributed by atoms with Gasteiger partial charge in [0, 0.05) is 19.5 Å². The molecule has 0 aromatic heterocycles. The van der Waals surface area contributed by atoms with Crippen molar-refractivity contribution in [3.05, 3.63) is 94.5 Å². The highest BCUT2D eigenvalue weighted by molar-refractivity contribution is 7.92. The molecule has 1 N–H and O–H groups in total. The topological polar surface area (TPSA) is 96.0 Å². The van der Waals surface area contributed by atoms with E-state index in [9.17, 15) is 18.0 Å². The van der Waals surface area contributed by atoms with Crippen molar-refractivity contribution >= 4 is 39.1 Å². The molecule has 0 aliphatic carbocycles. The lowest BCUT2D eigenvalue weighted by atomic mass is 10.0. The third-order valence-corrected chi connectivity index (χ3v) is 7.83. The van der Waals surface area contributed by atoms with Crippen molar-refractivity contribution in [3.63, 3.8) is 0 Å². The zero-order valence-corrected chi connectivity index (χ0v) is 24.8. The molecule has 1 atom stereocenters. The van der Waals surface area contributed by atoms with Gasteiger partial charge in [0.1, 0.15) is 18.3 Å². The molecule has 214 valence electrons. The van der Waals surface area contributed by atoms with Gasteiger partial charge in [0.25, 0.3) is 0 Å². The number of benzene rings is 3. The van der Waals surface area contributed by atoms with Crippen LogP contribution in [0.4, 0.5) is 5.69 Å². The number of hydrogen-bond donors (Lipinski definition) is 1. The Morgan fingerprint density at radius 3 is 2.25 bits per heavy atom. The van der Waals surface area contributed by atoms with Gasteiger partial charge in [-0.2, -0.15) is 0 Å². The van der Waals surface area contributed by atoms with Crippen LogP contribution in [0.25, 0.3) is 0 Å². The lowest BCUT2D eigenvalue weighted by molar-refractivity contribution is -0.140. The molecule has 0 spiro atoms. The van der Waals surface area contributed by atoms with Crippen LogP contribution < -0.4 is 14.4 Å². The van der Waals surface area contributed by atoms with Gasteiger partial charge in [-0.1, -0.05) is 78.7 Å². The van der Waals surface area contributed by atoms with Crippen LogP contribution in [0.2, 0.25) is 5.02 Å². The minimum atomic E-state index is -3.89. The number of anilines is 1. The SMILES string of the molecule is CCCNC(=O)[C@@H](Cc1ccccc1)N(Cc1ccc(C)cc1)C(=O)CN(c1ccc(OC)c(Cl)c1)S(C)(=O)=O. The molecule has 0 radical (unpaired) electrons. The van der Waals surface area contributed by atoms with Crippen molar-refractivity contribution in [2.24, 2.45) is 0 Å². The Morgan fingerprint density at radius 1 is 1.00 bits per heavy atom. The van der Waals surface area contributed by atoms with Gasteiger partial charge >= 0.3 is 0 Å². The van der Waals surface area contributed by atoms with E-state index in [4.69, 9.17) is 16.3 Å². The molecule has 0 aliphatic rings. The molecule has 0 bridgehead atoms. The zero-order valence-electron chi connectivity index (χ0n) is 23.3. The van der Waals surface area contributed by atoms with E-state index in [1.807, 2.05) is 68.4 Å². The number of carbonyl (C=O) groups is 2. The molecule has 40 heavy (non-hydrogen) atoms. The molecule has 8 nitrogen and oxygen atoms in total. The number of methoxy groups -OCH3 is 1. The zero-order chi connectivity index (χ0) is 29.3. The van der Waals surface area contributed by atoms with Gasteiger partial charge in [-0.25, -0.2) is 8.42 Å². The van der Waals surface area contributed by atoms with Gasteiger partial charge in [0.2, 0.25) is 21.8 Å². The minimum absolute atomic E-state index is 0.122. The molecule has 3 rings (SSSR count). The summed E-state index contributed by atoms with van der Waals surface area (Å²) in [7, 11) is -2.44. The smallest absolute Gasteiger partial charge is 0.244 e.